The molecule has 0 saturated heterocycles. The normalized spacial score (nSPS) is 11.5. The fourth-order valence-corrected chi connectivity index (χ4v) is 3.08. The molecular formula is C22H21ClO5. The Morgan fingerprint density at radius 2 is 1.79 bits per heavy atom. The van der Waals surface area contributed by atoms with E-state index in [0.29, 0.717) is 27.3 Å². The number of benzene rings is 2. The lowest BCUT2D eigenvalue weighted by atomic mass is 9.89. The van der Waals surface area contributed by atoms with Crippen molar-refractivity contribution in [2.24, 2.45) is 0 Å². The van der Waals surface area contributed by atoms with Crippen molar-refractivity contribution in [1.29, 1.82) is 0 Å². The van der Waals surface area contributed by atoms with Crippen LogP contribution in [0.2, 0.25) is 5.02 Å². The SMILES string of the molecule is CCOC(=O)c1c(C(C)(C)C)oc2ccc(OC(=O)c3ccccc3Cl)cc12. The summed E-state index contributed by atoms with van der Waals surface area (Å²) in [5.41, 5.74) is 0.721. The first kappa shape index (κ1) is 20.0. The van der Waals surface area contributed by atoms with Crippen molar-refractivity contribution in [2.45, 2.75) is 33.1 Å². The number of furan rings is 1. The van der Waals surface area contributed by atoms with Gasteiger partial charge in [0, 0.05) is 10.8 Å². The lowest BCUT2D eigenvalue weighted by Crippen LogP contribution is -2.16. The first-order valence-electron chi connectivity index (χ1n) is 8.93. The van der Waals surface area contributed by atoms with E-state index in [1.54, 1.807) is 49.4 Å². The maximum absolute atomic E-state index is 12.6. The van der Waals surface area contributed by atoms with Crippen LogP contribution in [0.1, 0.15) is 54.2 Å². The number of carbonyl (C=O) groups is 2. The van der Waals surface area contributed by atoms with E-state index >= 15 is 0 Å². The van der Waals surface area contributed by atoms with Crippen LogP contribution in [0.25, 0.3) is 11.0 Å². The summed E-state index contributed by atoms with van der Waals surface area (Å²) in [7, 11) is 0. The Kier molecular flexibility index (Phi) is 5.47. The molecule has 0 amide bonds. The van der Waals surface area contributed by atoms with E-state index in [4.69, 9.17) is 25.5 Å². The van der Waals surface area contributed by atoms with Crippen molar-refractivity contribution in [3.05, 3.63) is 64.4 Å². The van der Waals surface area contributed by atoms with Gasteiger partial charge >= 0.3 is 11.9 Å². The zero-order chi connectivity index (χ0) is 20.5. The maximum Gasteiger partial charge on any atom is 0.345 e. The minimum atomic E-state index is -0.581. The van der Waals surface area contributed by atoms with Crippen LogP contribution in [-0.2, 0) is 10.2 Å². The number of esters is 2. The largest absolute Gasteiger partial charge is 0.462 e. The number of fused-ring (bicyclic) bond motifs is 1. The second-order valence-electron chi connectivity index (χ2n) is 7.30. The number of rotatable bonds is 4. The monoisotopic (exact) mass is 400 g/mol. The summed E-state index contributed by atoms with van der Waals surface area (Å²) in [6.45, 7) is 7.84. The van der Waals surface area contributed by atoms with Crippen LogP contribution >= 0.6 is 11.6 Å². The highest BCUT2D eigenvalue weighted by Gasteiger charge is 2.30. The Balaban J connectivity index is 2.05. The molecule has 0 saturated carbocycles. The van der Waals surface area contributed by atoms with Gasteiger partial charge in [0.1, 0.15) is 22.7 Å². The van der Waals surface area contributed by atoms with Gasteiger partial charge in [-0.1, -0.05) is 44.5 Å². The van der Waals surface area contributed by atoms with Crippen LogP contribution in [0.3, 0.4) is 0 Å². The fraction of sp³-hybridized carbons (Fsp3) is 0.273. The minimum Gasteiger partial charge on any atom is -0.462 e. The average Bonchev–Trinajstić information content (AvgIpc) is 3.01. The highest BCUT2D eigenvalue weighted by Crippen LogP contribution is 2.36. The molecule has 0 aliphatic carbocycles. The molecule has 0 aliphatic heterocycles. The van der Waals surface area contributed by atoms with Crippen molar-refractivity contribution < 1.29 is 23.5 Å². The summed E-state index contributed by atoms with van der Waals surface area (Å²) in [4.78, 5) is 25.0. The minimum absolute atomic E-state index is 0.246. The topological polar surface area (TPSA) is 65.7 Å². The van der Waals surface area contributed by atoms with Gasteiger partial charge in [0.15, 0.2) is 0 Å². The molecule has 3 aromatic rings. The third-order valence-electron chi connectivity index (χ3n) is 4.12. The first-order chi connectivity index (χ1) is 13.2. The Labute approximate surface area is 168 Å². The van der Waals surface area contributed by atoms with Gasteiger partial charge in [-0.15, -0.1) is 0 Å². The Bertz CT molecular complexity index is 1040. The first-order valence-corrected chi connectivity index (χ1v) is 9.31. The van der Waals surface area contributed by atoms with Crippen molar-refractivity contribution in [3.8, 4) is 5.75 Å². The lowest BCUT2D eigenvalue weighted by Gasteiger charge is -2.16. The summed E-state index contributed by atoms with van der Waals surface area (Å²) in [5, 5.41) is 0.840. The fourth-order valence-electron chi connectivity index (χ4n) is 2.86. The Morgan fingerprint density at radius 1 is 1.07 bits per heavy atom. The standard InChI is InChI=1S/C22H21ClO5/c1-5-26-21(25)18-15-12-13(10-11-17(15)28-19(18)22(2,3)4)27-20(24)14-8-6-7-9-16(14)23/h6-12H,5H2,1-4H3. The smallest absolute Gasteiger partial charge is 0.345 e. The highest BCUT2D eigenvalue weighted by molar-refractivity contribution is 6.33. The summed E-state index contributed by atoms with van der Waals surface area (Å²) in [5.74, 6) is -0.248. The molecule has 1 aromatic heterocycles. The molecule has 0 spiro atoms. The quantitative estimate of drug-likeness (QED) is 0.410. The van der Waals surface area contributed by atoms with Gasteiger partial charge in [-0.05, 0) is 37.3 Å². The van der Waals surface area contributed by atoms with E-state index in [0.717, 1.165) is 0 Å². The number of hydrogen-bond acceptors (Lipinski definition) is 5. The van der Waals surface area contributed by atoms with Crippen LogP contribution in [-0.4, -0.2) is 18.5 Å². The predicted molar refractivity (Wildman–Crippen MR) is 107 cm³/mol. The third kappa shape index (κ3) is 3.90. The Morgan fingerprint density at radius 3 is 2.43 bits per heavy atom. The molecule has 0 radical (unpaired) electrons. The molecule has 6 heteroatoms. The molecule has 28 heavy (non-hydrogen) atoms. The van der Waals surface area contributed by atoms with Crippen LogP contribution < -0.4 is 4.74 Å². The van der Waals surface area contributed by atoms with Crippen LogP contribution in [0.5, 0.6) is 5.75 Å². The van der Waals surface area contributed by atoms with E-state index in [1.807, 2.05) is 20.8 Å². The van der Waals surface area contributed by atoms with Crippen LogP contribution in [0.15, 0.2) is 46.9 Å². The van der Waals surface area contributed by atoms with Gasteiger partial charge in [-0.25, -0.2) is 9.59 Å². The second-order valence-corrected chi connectivity index (χ2v) is 7.71. The summed E-state index contributed by atoms with van der Waals surface area (Å²) in [6, 6.07) is 11.5. The van der Waals surface area contributed by atoms with Gasteiger partial charge in [0.05, 0.1) is 17.2 Å². The van der Waals surface area contributed by atoms with E-state index in [2.05, 4.69) is 0 Å². The molecule has 0 N–H and O–H groups in total. The molecule has 1 heterocycles. The van der Waals surface area contributed by atoms with Crippen molar-refractivity contribution in [2.75, 3.05) is 6.61 Å². The summed E-state index contributed by atoms with van der Waals surface area (Å²) >= 11 is 6.06. The molecule has 0 fully saturated rings. The van der Waals surface area contributed by atoms with E-state index in [9.17, 15) is 9.59 Å². The zero-order valence-corrected chi connectivity index (χ0v) is 16.9. The number of halogens is 1. The lowest BCUT2D eigenvalue weighted by molar-refractivity contribution is 0.0523. The third-order valence-corrected chi connectivity index (χ3v) is 4.45. The number of carbonyl (C=O) groups excluding carboxylic acids is 2. The predicted octanol–water partition coefficient (Wildman–Crippen LogP) is 5.78. The molecule has 146 valence electrons. The van der Waals surface area contributed by atoms with Crippen LogP contribution in [0, 0.1) is 0 Å². The van der Waals surface area contributed by atoms with Gasteiger partial charge in [0.25, 0.3) is 0 Å². The molecule has 3 rings (SSSR count). The van der Waals surface area contributed by atoms with Gasteiger partial charge in [-0.2, -0.15) is 0 Å². The molecular weight excluding hydrogens is 380 g/mol. The molecule has 0 atom stereocenters. The van der Waals surface area contributed by atoms with Crippen LogP contribution in [0.4, 0.5) is 0 Å². The van der Waals surface area contributed by atoms with Gasteiger partial charge in [0.2, 0.25) is 0 Å². The van der Waals surface area contributed by atoms with E-state index in [1.165, 1.54) is 0 Å². The highest BCUT2D eigenvalue weighted by atomic mass is 35.5. The zero-order valence-electron chi connectivity index (χ0n) is 16.2. The number of ether oxygens (including phenoxy) is 2. The molecule has 5 nitrogen and oxygen atoms in total. The molecule has 2 aromatic carbocycles. The molecule has 0 unspecified atom stereocenters. The molecule has 0 bridgehead atoms. The van der Waals surface area contributed by atoms with E-state index in [-0.39, 0.29) is 17.9 Å². The van der Waals surface area contributed by atoms with Crippen molar-refractivity contribution in [1.82, 2.24) is 0 Å². The van der Waals surface area contributed by atoms with Crippen molar-refractivity contribution in [3.63, 3.8) is 0 Å². The van der Waals surface area contributed by atoms with Crippen molar-refractivity contribution >= 4 is 34.5 Å². The van der Waals surface area contributed by atoms with E-state index < -0.39 is 17.4 Å². The Hall–Kier alpha value is -2.79. The second kappa shape index (κ2) is 7.68. The molecule has 0 aliphatic rings. The summed E-state index contributed by atoms with van der Waals surface area (Å²) < 4.78 is 16.6. The maximum atomic E-state index is 12.6. The number of hydrogen-bond donors (Lipinski definition) is 0. The average molecular weight is 401 g/mol. The summed E-state index contributed by atoms with van der Waals surface area (Å²) in [6.07, 6.45) is 0. The van der Waals surface area contributed by atoms with Gasteiger partial charge < -0.3 is 13.9 Å². The van der Waals surface area contributed by atoms with Gasteiger partial charge in [-0.3, -0.25) is 0 Å².